The molecule has 0 radical (unpaired) electrons. The van der Waals surface area contributed by atoms with Crippen LogP contribution in [0.4, 0.5) is 11.4 Å². The number of halogens is 1. The molecule has 0 unspecified atom stereocenters. The lowest BCUT2D eigenvalue weighted by atomic mass is 10.2. The van der Waals surface area contributed by atoms with Crippen molar-refractivity contribution in [2.24, 2.45) is 0 Å². The standard InChI is InChI=1S/C21H16ClN3O4S2/c22-17-7-11-19(12-8-17)31(28,29)25-14-13-24(20-3-1-2-4-21(20)25)30(26,27)18-9-5-16(15-23)6-10-18/h1-12H,13-14H2. The summed E-state index contributed by atoms with van der Waals surface area (Å²) in [5, 5.41) is 9.36. The Morgan fingerprint density at radius 3 is 1.55 bits per heavy atom. The Balaban J connectivity index is 1.77. The molecule has 0 bridgehead atoms. The fraction of sp³-hybridized carbons (Fsp3) is 0.0952. The van der Waals surface area contributed by atoms with Gasteiger partial charge in [-0.05, 0) is 60.7 Å². The fourth-order valence-electron chi connectivity index (χ4n) is 3.37. The molecular weight excluding hydrogens is 458 g/mol. The Morgan fingerprint density at radius 2 is 1.13 bits per heavy atom. The second-order valence-electron chi connectivity index (χ2n) is 6.73. The zero-order valence-electron chi connectivity index (χ0n) is 16.0. The Labute approximate surface area is 185 Å². The van der Waals surface area contributed by atoms with Crippen LogP contribution in [0.5, 0.6) is 0 Å². The predicted molar refractivity (Wildman–Crippen MR) is 118 cm³/mol. The van der Waals surface area contributed by atoms with E-state index in [4.69, 9.17) is 16.9 Å². The van der Waals surface area contributed by atoms with Crippen molar-refractivity contribution in [2.45, 2.75) is 9.79 Å². The molecule has 0 atom stereocenters. The first-order valence-corrected chi connectivity index (χ1v) is 12.4. The minimum absolute atomic E-state index is 0.0234. The summed E-state index contributed by atoms with van der Waals surface area (Å²) in [7, 11) is -7.87. The summed E-state index contributed by atoms with van der Waals surface area (Å²) in [5.41, 5.74) is 0.870. The summed E-state index contributed by atoms with van der Waals surface area (Å²) in [6.07, 6.45) is 0. The van der Waals surface area contributed by atoms with E-state index in [9.17, 15) is 16.8 Å². The van der Waals surface area contributed by atoms with Gasteiger partial charge in [-0.1, -0.05) is 23.7 Å². The average Bonchev–Trinajstić information content (AvgIpc) is 2.78. The van der Waals surface area contributed by atoms with E-state index in [0.29, 0.717) is 10.6 Å². The number of anilines is 2. The molecule has 0 saturated heterocycles. The van der Waals surface area contributed by atoms with Crippen LogP contribution in [-0.2, 0) is 20.0 Å². The quantitative estimate of drug-likeness (QED) is 0.576. The molecule has 3 aromatic carbocycles. The predicted octanol–water partition coefficient (Wildman–Crippen LogP) is 3.62. The topological polar surface area (TPSA) is 98.5 Å². The zero-order chi connectivity index (χ0) is 22.2. The maximum absolute atomic E-state index is 13.3. The van der Waals surface area contributed by atoms with Crippen molar-refractivity contribution in [2.75, 3.05) is 21.7 Å². The van der Waals surface area contributed by atoms with Crippen LogP contribution in [0.2, 0.25) is 5.02 Å². The van der Waals surface area contributed by atoms with E-state index in [1.807, 2.05) is 6.07 Å². The molecule has 0 N–H and O–H groups in total. The molecule has 3 aromatic rings. The number of nitrogens with zero attached hydrogens (tertiary/aromatic N) is 3. The van der Waals surface area contributed by atoms with Crippen molar-refractivity contribution in [3.05, 3.63) is 83.4 Å². The number of hydrogen-bond acceptors (Lipinski definition) is 5. The molecule has 7 nitrogen and oxygen atoms in total. The van der Waals surface area contributed by atoms with E-state index >= 15 is 0 Å². The fourth-order valence-corrected chi connectivity index (χ4v) is 6.44. The first-order chi connectivity index (χ1) is 14.7. The smallest absolute Gasteiger partial charge is 0.262 e. The lowest BCUT2D eigenvalue weighted by Crippen LogP contribution is -2.46. The summed E-state index contributed by atoms with van der Waals surface area (Å²) in [6.45, 7) is -0.121. The van der Waals surface area contributed by atoms with Gasteiger partial charge in [0, 0.05) is 5.02 Å². The second-order valence-corrected chi connectivity index (χ2v) is 10.9. The van der Waals surface area contributed by atoms with Crippen LogP contribution in [0.3, 0.4) is 0 Å². The van der Waals surface area contributed by atoms with Crippen molar-refractivity contribution in [1.29, 1.82) is 5.26 Å². The van der Waals surface area contributed by atoms with Crippen molar-refractivity contribution in [3.8, 4) is 6.07 Å². The third-order valence-electron chi connectivity index (χ3n) is 4.90. The number of para-hydroxylation sites is 2. The Kier molecular flexibility index (Phi) is 5.39. The summed E-state index contributed by atoms with van der Waals surface area (Å²) in [5.74, 6) is 0. The highest BCUT2D eigenvalue weighted by Crippen LogP contribution is 2.39. The van der Waals surface area contributed by atoms with Gasteiger partial charge in [-0.2, -0.15) is 5.26 Å². The molecule has 1 aliphatic rings. The number of hydrogen-bond donors (Lipinski definition) is 0. The molecule has 10 heteroatoms. The van der Waals surface area contributed by atoms with Crippen LogP contribution >= 0.6 is 11.6 Å². The Bertz CT molecular complexity index is 1380. The van der Waals surface area contributed by atoms with Gasteiger partial charge in [0.15, 0.2) is 0 Å². The maximum Gasteiger partial charge on any atom is 0.264 e. The lowest BCUT2D eigenvalue weighted by Gasteiger charge is -2.37. The monoisotopic (exact) mass is 473 g/mol. The van der Waals surface area contributed by atoms with Gasteiger partial charge in [0.2, 0.25) is 0 Å². The summed E-state index contributed by atoms with van der Waals surface area (Å²) < 4.78 is 55.4. The molecule has 4 rings (SSSR count). The van der Waals surface area contributed by atoms with Gasteiger partial charge < -0.3 is 0 Å². The van der Waals surface area contributed by atoms with Gasteiger partial charge in [0.1, 0.15) is 0 Å². The van der Waals surface area contributed by atoms with Gasteiger partial charge in [-0.3, -0.25) is 8.61 Å². The number of benzene rings is 3. The van der Waals surface area contributed by atoms with Crippen molar-refractivity contribution < 1.29 is 16.8 Å². The maximum atomic E-state index is 13.3. The van der Waals surface area contributed by atoms with Crippen LogP contribution in [0, 0.1) is 11.3 Å². The van der Waals surface area contributed by atoms with Crippen molar-refractivity contribution in [3.63, 3.8) is 0 Å². The normalized spacial score (nSPS) is 14.1. The van der Waals surface area contributed by atoms with Gasteiger partial charge in [-0.15, -0.1) is 0 Å². The lowest BCUT2D eigenvalue weighted by molar-refractivity contribution is 0.581. The molecule has 0 spiro atoms. The first-order valence-electron chi connectivity index (χ1n) is 9.15. The Hall–Kier alpha value is -3.06. The average molecular weight is 474 g/mol. The molecule has 1 aliphatic heterocycles. The highest BCUT2D eigenvalue weighted by molar-refractivity contribution is 7.93. The minimum atomic E-state index is -3.95. The molecule has 0 aliphatic carbocycles. The molecule has 0 amide bonds. The summed E-state index contributed by atoms with van der Waals surface area (Å²) in [6, 6.07) is 19.8. The van der Waals surface area contributed by atoms with E-state index in [1.165, 1.54) is 57.1 Å². The molecule has 0 fully saturated rings. The van der Waals surface area contributed by atoms with Crippen LogP contribution in [0.25, 0.3) is 0 Å². The van der Waals surface area contributed by atoms with Gasteiger partial charge >= 0.3 is 0 Å². The highest BCUT2D eigenvalue weighted by atomic mass is 35.5. The van der Waals surface area contributed by atoms with Gasteiger partial charge in [-0.25, -0.2) is 16.8 Å². The van der Waals surface area contributed by atoms with Crippen molar-refractivity contribution in [1.82, 2.24) is 0 Å². The van der Waals surface area contributed by atoms with Crippen LogP contribution < -0.4 is 8.61 Å². The van der Waals surface area contributed by atoms with E-state index in [-0.39, 0.29) is 34.3 Å². The number of sulfonamides is 2. The third-order valence-corrected chi connectivity index (χ3v) is 8.81. The first kappa shape index (κ1) is 21.2. The summed E-state index contributed by atoms with van der Waals surface area (Å²) >= 11 is 5.88. The van der Waals surface area contributed by atoms with Crippen LogP contribution in [0.15, 0.2) is 82.6 Å². The van der Waals surface area contributed by atoms with E-state index in [2.05, 4.69) is 0 Å². The highest BCUT2D eigenvalue weighted by Gasteiger charge is 2.36. The van der Waals surface area contributed by atoms with Gasteiger partial charge in [0.25, 0.3) is 20.0 Å². The molecule has 1 heterocycles. The zero-order valence-corrected chi connectivity index (χ0v) is 18.4. The van der Waals surface area contributed by atoms with E-state index in [1.54, 1.807) is 24.3 Å². The van der Waals surface area contributed by atoms with Crippen LogP contribution in [0.1, 0.15) is 5.56 Å². The molecule has 31 heavy (non-hydrogen) atoms. The third kappa shape index (κ3) is 3.74. The summed E-state index contributed by atoms with van der Waals surface area (Å²) in [4.78, 5) is 0.0883. The molecule has 0 aromatic heterocycles. The molecular formula is C21H16ClN3O4S2. The Morgan fingerprint density at radius 1 is 0.710 bits per heavy atom. The minimum Gasteiger partial charge on any atom is -0.262 e. The molecule has 158 valence electrons. The number of rotatable bonds is 4. The molecule has 0 saturated carbocycles. The second kappa shape index (κ2) is 7.89. The SMILES string of the molecule is N#Cc1ccc(S(=O)(=O)N2CCN(S(=O)(=O)c3ccc(Cl)cc3)c3ccccc32)cc1. The van der Waals surface area contributed by atoms with E-state index in [0.717, 1.165) is 0 Å². The largest absolute Gasteiger partial charge is 0.264 e. The van der Waals surface area contributed by atoms with Crippen LogP contribution in [-0.4, -0.2) is 29.9 Å². The van der Waals surface area contributed by atoms with Gasteiger partial charge in [0.05, 0.1) is 45.9 Å². The van der Waals surface area contributed by atoms with E-state index < -0.39 is 20.0 Å². The number of nitriles is 1. The van der Waals surface area contributed by atoms with Crippen molar-refractivity contribution >= 4 is 43.0 Å². The number of fused-ring (bicyclic) bond motifs is 1.